The molecule has 0 unspecified atom stereocenters. The van der Waals surface area contributed by atoms with Gasteiger partial charge in [-0.25, -0.2) is 25.1 Å². The molecule has 0 aromatic carbocycles. The fraction of sp³-hybridized carbons (Fsp3) is 0.682. The quantitative estimate of drug-likeness (QED) is 0.242. The minimum Gasteiger partial charge on any atom is -0.463 e. The van der Waals surface area contributed by atoms with Gasteiger partial charge in [-0.05, 0) is 48.5 Å². The molecule has 4 atom stereocenters. The standard InChI is InChI=1S/C22H38N7O6P/c1-13(2)34-18(30)8-15(5)27-36(32,28-17(7)22(31)35-14(3)4)12-33-16(6)9-29-11-26-19-20(23)24-10-25-21(19)29/h10-11,13-17H,8-9,12H2,1-7H3,(H2,23,24,25)(H2,27,28,32)/t15-,16+,17-,36-/m0/s1. The van der Waals surface area contributed by atoms with Crippen LogP contribution in [0.5, 0.6) is 0 Å². The molecule has 2 aromatic rings. The molecule has 0 saturated heterocycles. The Morgan fingerprint density at radius 3 is 2.33 bits per heavy atom. The van der Waals surface area contributed by atoms with Crippen molar-refractivity contribution in [2.24, 2.45) is 0 Å². The van der Waals surface area contributed by atoms with Gasteiger partial charge in [-0.2, -0.15) is 0 Å². The molecule has 0 aliphatic carbocycles. The van der Waals surface area contributed by atoms with Crippen LogP contribution in [-0.2, 0) is 34.9 Å². The summed E-state index contributed by atoms with van der Waals surface area (Å²) >= 11 is 0. The molecule has 0 radical (unpaired) electrons. The topological polar surface area (TPSA) is 173 Å². The average molecular weight is 528 g/mol. The summed E-state index contributed by atoms with van der Waals surface area (Å²) in [4.78, 5) is 36.8. The first-order valence-electron chi connectivity index (χ1n) is 11.9. The van der Waals surface area contributed by atoms with E-state index in [1.165, 1.54) is 6.33 Å². The number of esters is 2. The molecule has 0 saturated carbocycles. The van der Waals surface area contributed by atoms with E-state index in [4.69, 9.17) is 19.9 Å². The van der Waals surface area contributed by atoms with Crippen LogP contribution in [0.15, 0.2) is 12.7 Å². The summed E-state index contributed by atoms with van der Waals surface area (Å²) in [6.45, 7) is 12.4. The van der Waals surface area contributed by atoms with Crippen LogP contribution in [0, 0.1) is 0 Å². The number of nitrogen functional groups attached to an aromatic ring is 1. The summed E-state index contributed by atoms with van der Waals surface area (Å²) in [6, 6.07) is -1.39. The summed E-state index contributed by atoms with van der Waals surface area (Å²) in [5, 5.41) is 5.77. The van der Waals surface area contributed by atoms with E-state index < -0.39 is 37.6 Å². The third kappa shape index (κ3) is 9.12. The van der Waals surface area contributed by atoms with E-state index in [9.17, 15) is 14.2 Å². The fourth-order valence-electron chi connectivity index (χ4n) is 3.37. The van der Waals surface area contributed by atoms with Gasteiger partial charge < -0.3 is 24.5 Å². The second-order valence-corrected chi connectivity index (χ2v) is 11.5. The molecule has 2 aromatic heterocycles. The number of carbonyl (C=O) groups excluding carboxylic acids is 2. The van der Waals surface area contributed by atoms with Gasteiger partial charge in [-0.1, -0.05) is 0 Å². The molecule has 0 aliphatic rings. The van der Waals surface area contributed by atoms with E-state index in [2.05, 4.69) is 25.1 Å². The van der Waals surface area contributed by atoms with Gasteiger partial charge in [0.05, 0.1) is 37.6 Å². The van der Waals surface area contributed by atoms with E-state index in [0.29, 0.717) is 17.7 Å². The maximum atomic E-state index is 13.8. The zero-order valence-electron chi connectivity index (χ0n) is 21.9. The van der Waals surface area contributed by atoms with Crippen LogP contribution in [0.2, 0.25) is 0 Å². The SMILES string of the molecule is CC(C)OC(=O)C[C@H](C)N[P@@](=O)(CO[C@H](C)Cn1cnc2c(N)ncnc21)N[C@@H](C)C(=O)OC(C)C. The lowest BCUT2D eigenvalue weighted by Crippen LogP contribution is -2.41. The maximum absolute atomic E-state index is 13.8. The Morgan fingerprint density at radius 1 is 1.03 bits per heavy atom. The Balaban J connectivity index is 2.09. The largest absolute Gasteiger partial charge is 0.463 e. The molecule has 4 N–H and O–H groups in total. The predicted molar refractivity (Wildman–Crippen MR) is 135 cm³/mol. The number of anilines is 1. The number of hydrogen-bond acceptors (Lipinski definition) is 10. The third-order valence-electron chi connectivity index (χ3n) is 4.80. The van der Waals surface area contributed by atoms with Crippen molar-refractivity contribution in [3.63, 3.8) is 0 Å². The number of aromatic nitrogens is 4. The van der Waals surface area contributed by atoms with E-state index in [-0.39, 0.29) is 30.8 Å². The molecular weight excluding hydrogens is 489 g/mol. The van der Waals surface area contributed by atoms with Crippen LogP contribution in [0.3, 0.4) is 0 Å². The highest BCUT2D eigenvalue weighted by Gasteiger charge is 2.31. The van der Waals surface area contributed by atoms with Crippen molar-refractivity contribution in [2.75, 3.05) is 12.1 Å². The summed E-state index contributed by atoms with van der Waals surface area (Å²) < 4.78 is 31.9. The second kappa shape index (κ2) is 13.1. The average Bonchev–Trinajstić information content (AvgIpc) is 3.15. The van der Waals surface area contributed by atoms with Crippen molar-refractivity contribution in [1.82, 2.24) is 29.7 Å². The van der Waals surface area contributed by atoms with E-state index >= 15 is 0 Å². The van der Waals surface area contributed by atoms with Crippen LogP contribution in [-0.4, -0.2) is 68.2 Å². The Kier molecular flexibility index (Phi) is 10.8. The molecule has 0 spiro atoms. The molecule has 0 aliphatic heterocycles. The number of imidazole rings is 1. The van der Waals surface area contributed by atoms with Gasteiger partial charge in [0.1, 0.15) is 24.2 Å². The van der Waals surface area contributed by atoms with E-state index in [0.717, 1.165) is 0 Å². The van der Waals surface area contributed by atoms with Crippen molar-refractivity contribution in [2.45, 2.75) is 91.8 Å². The van der Waals surface area contributed by atoms with Crippen molar-refractivity contribution < 1.29 is 28.4 Å². The Morgan fingerprint density at radius 2 is 1.69 bits per heavy atom. The van der Waals surface area contributed by atoms with Crippen molar-refractivity contribution in [3.8, 4) is 0 Å². The van der Waals surface area contributed by atoms with Crippen molar-refractivity contribution in [1.29, 1.82) is 0 Å². The first-order chi connectivity index (χ1) is 16.8. The summed E-state index contributed by atoms with van der Waals surface area (Å²) in [5.74, 6) is -0.696. The van der Waals surface area contributed by atoms with Crippen LogP contribution in [0.1, 0.15) is 54.9 Å². The molecule has 0 fully saturated rings. The van der Waals surface area contributed by atoms with E-state index in [1.54, 1.807) is 59.4 Å². The monoisotopic (exact) mass is 527 g/mol. The number of nitrogens with zero attached hydrogens (tertiary/aromatic N) is 4. The number of rotatable bonds is 14. The second-order valence-electron chi connectivity index (χ2n) is 9.28. The van der Waals surface area contributed by atoms with E-state index in [1.807, 2.05) is 0 Å². The third-order valence-corrected chi connectivity index (χ3v) is 6.98. The molecule has 2 heterocycles. The highest BCUT2D eigenvalue weighted by molar-refractivity contribution is 7.59. The minimum absolute atomic E-state index is 0.00756. The number of nitrogens with two attached hydrogens (primary N) is 1. The summed E-state index contributed by atoms with van der Waals surface area (Å²) in [6.07, 6.45) is 1.69. The number of ether oxygens (including phenoxy) is 3. The molecule has 13 nitrogen and oxygen atoms in total. The maximum Gasteiger partial charge on any atom is 0.323 e. The van der Waals surface area contributed by atoms with Crippen LogP contribution < -0.4 is 15.9 Å². The molecule has 2 rings (SSSR count). The van der Waals surface area contributed by atoms with Crippen LogP contribution in [0.25, 0.3) is 11.2 Å². The van der Waals surface area contributed by atoms with Gasteiger partial charge in [0.25, 0.3) is 0 Å². The molecule has 0 amide bonds. The smallest absolute Gasteiger partial charge is 0.323 e. The number of nitrogens with one attached hydrogen (secondary N) is 2. The summed E-state index contributed by atoms with van der Waals surface area (Å²) in [5.41, 5.74) is 6.88. The lowest BCUT2D eigenvalue weighted by atomic mass is 10.2. The van der Waals surface area contributed by atoms with Gasteiger partial charge in [0.15, 0.2) is 11.5 Å². The normalized spacial score (nSPS) is 16.0. The predicted octanol–water partition coefficient (Wildman–Crippen LogP) is 2.21. The van der Waals surface area contributed by atoms with Crippen LogP contribution in [0.4, 0.5) is 5.82 Å². The van der Waals surface area contributed by atoms with Crippen molar-refractivity contribution in [3.05, 3.63) is 12.7 Å². The molecule has 14 heteroatoms. The molecule has 202 valence electrons. The number of carbonyl (C=O) groups is 2. The Bertz CT molecular complexity index is 1080. The van der Waals surface area contributed by atoms with Crippen molar-refractivity contribution >= 4 is 36.4 Å². The van der Waals surface area contributed by atoms with Gasteiger partial charge in [-0.15, -0.1) is 0 Å². The first-order valence-corrected chi connectivity index (χ1v) is 13.8. The lowest BCUT2D eigenvalue weighted by Gasteiger charge is -2.28. The first kappa shape index (κ1) is 29.6. The minimum atomic E-state index is -3.52. The van der Waals surface area contributed by atoms with Gasteiger partial charge in [0.2, 0.25) is 7.44 Å². The molecule has 0 bridgehead atoms. The number of hydrogen-bond donors (Lipinski definition) is 3. The van der Waals surface area contributed by atoms with Gasteiger partial charge in [0, 0.05) is 6.04 Å². The Labute approximate surface area is 211 Å². The molecular formula is C22H38N7O6P. The zero-order chi connectivity index (χ0) is 27.0. The highest BCUT2D eigenvalue weighted by Crippen LogP contribution is 2.38. The zero-order valence-corrected chi connectivity index (χ0v) is 22.8. The lowest BCUT2D eigenvalue weighted by molar-refractivity contribution is -0.149. The fourth-order valence-corrected chi connectivity index (χ4v) is 5.59. The van der Waals surface area contributed by atoms with Gasteiger partial charge >= 0.3 is 11.9 Å². The summed E-state index contributed by atoms with van der Waals surface area (Å²) in [7, 11) is -3.52. The number of fused-ring (bicyclic) bond motifs is 1. The van der Waals surface area contributed by atoms with Gasteiger partial charge in [-0.3, -0.25) is 14.2 Å². The highest BCUT2D eigenvalue weighted by atomic mass is 31.2. The Hall–Kier alpha value is -2.60. The molecule has 36 heavy (non-hydrogen) atoms. The van der Waals surface area contributed by atoms with Crippen LogP contribution >= 0.6 is 7.44 Å².